The third-order valence-corrected chi connectivity index (χ3v) is 1.03. The summed E-state index contributed by atoms with van der Waals surface area (Å²) in [7, 11) is 0.750. The molecule has 1 radical (unpaired) electrons. The van der Waals surface area contributed by atoms with E-state index >= 15 is 0 Å². The first-order chi connectivity index (χ1) is 9.88. The number of H-pyrrole nitrogens is 1. The van der Waals surface area contributed by atoms with E-state index < -0.39 is 0 Å². The number of hydrogen-bond acceptors (Lipinski definition) is 0. The van der Waals surface area contributed by atoms with Gasteiger partial charge in [0.1, 0.15) is 0 Å². The standard InChI is InChI=1S/C5H5.C4H4N.2C4H9.C2H7Si.4CH3.2ClH.Ti/c2*1-2-4-5-3-1;2*1-4(2)3;1-3-2;;;;;;;/h1-3H,4H2;1-3,5H;2*1-3H3;3H,1-2H3;4*1H3;2*1H;/q4*-1;;4*-1;;;. The topological polar surface area (TPSA) is 15.8 Å². The smallest absolute Gasteiger partial charge is 0.0213 e. The van der Waals surface area contributed by atoms with Crippen LogP contribution in [0.15, 0.2) is 36.6 Å². The van der Waals surface area contributed by atoms with E-state index in [1.807, 2.05) is 30.5 Å². The molecule has 0 amide bonds. The van der Waals surface area contributed by atoms with Crippen molar-refractivity contribution in [2.24, 2.45) is 0 Å². The molecule has 1 N–H and O–H groups in total. The summed E-state index contributed by atoms with van der Waals surface area (Å²) >= 11 is 0. The SMILES string of the molecule is C[C-](C)C.C[C-](C)C.C[SiH]C.Cl.Cl.[C-]1=CC=CC1.[CH3-].[CH3-].[CH3-].[CH3-].[Ti].[c-]1ccc[nH]1. The zero-order chi connectivity index (χ0) is 16.9. The van der Waals surface area contributed by atoms with Crippen LogP contribution in [0.2, 0.25) is 13.1 Å². The maximum absolute atomic E-state index is 2.99. The fourth-order valence-electron chi connectivity index (χ4n) is 0.581. The van der Waals surface area contributed by atoms with E-state index in [-0.39, 0.29) is 76.2 Å². The van der Waals surface area contributed by atoms with Crippen LogP contribution in [0.1, 0.15) is 48.0 Å². The summed E-state index contributed by atoms with van der Waals surface area (Å²) in [5, 5.41) is 0. The van der Waals surface area contributed by atoms with Crippen LogP contribution in [0.4, 0.5) is 0 Å². The number of rotatable bonds is 0. The molecule has 1 aromatic rings. The third-order valence-electron chi connectivity index (χ3n) is 1.03. The van der Waals surface area contributed by atoms with Gasteiger partial charge < -0.3 is 46.5 Å². The fourth-order valence-corrected chi connectivity index (χ4v) is 0.581. The van der Waals surface area contributed by atoms with Crippen LogP contribution < -0.4 is 0 Å². The van der Waals surface area contributed by atoms with E-state index in [4.69, 9.17) is 0 Å². The van der Waals surface area contributed by atoms with Gasteiger partial charge >= 0.3 is 0 Å². The molecular weight excluding hydrogens is 437 g/mol. The molecule has 0 fully saturated rings. The number of allylic oxidation sites excluding steroid dienone is 4. The van der Waals surface area contributed by atoms with Crippen LogP contribution in [-0.4, -0.2) is 14.5 Å². The number of aromatic nitrogens is 1. The Bertz CT molecular complexity index is 263. The molecule has 0 spiro atoms. The minimum Gasteiger partial charge on any atom is -0.484 e. The van der Waals surface area contributed by atoms with Gasteiger partial charge in [0.05, 0.1) is 0 Å². The zero-order valence-corrected chi connectivity index (χ0v) is 24.9. The van der Waals surface area contributed by atoms with Crippen molar-refractivity contribution in [1.29, 1.82) is 0 Å². The Morgan fingerprint density at radius 3 is 1.29 bits per heavy atom. The van der Waals surface area contributed by atoms with Crippen molar-refractivity contribution in [1.82, 2.24) is 4.98 Å². The molecule has 1 aromatic heterocycles. The predicted molar refractivity (Wildman–Crippen MR) is 141 cm³/mol. The molecule has 0 bridgehead atoms. The third kappa shape index (κ3) is 159. The first kappa shape index (κ1) is 63.0. The molecule has 1 heterocycles. The molecule has 0 atom stereocenters. The van der Waals surface area contributed by atoms with Gasteiger partial charge in [-0.2, -0.15) is 65.9 Å². The molecular formula is C23H48Cl2NSiTi-8. The van der Waals surface area contributed by atoms with Crippen molar-refractivity contribution >= 4 is 34.3 Å². The molecule has 1 aliphatic carbocycles. The quantitative estimate of drug-likeness (QED) is 0.280. The maximum Gasteiger partial charge on any atom is 0.0213 e. The van der Waals surface area contributed by atoms with Gasteiger partial charge in [0.25, 0.3) is 0 Å². The van der Waals surface area contributed by atoms with E-state index in [0.29, 0.717) is 0 Å². The first-order valence-electron chi connectivity index (χ1n) is 7.37. The molecule has 5 heteroatoms. The molecule has 1 nitrogen and oxygen atoms in total. The number of aromatic amines is 1. The van der Waals surface area contributed by atoms with E-state index in [2.05, 4.69) is 78.0 Å². The average Bonchev–Trinajstić information content (AvgIpc) is 3.08. The van der Waals surface area contributed by atoms with E-state index in [1.54, 1.807) is 0 Å². The van der Waals surface area contributed by atoms with Gasteiger partial charge in [0.15, 0.2) is 0 Å². The largest absolute Gasteiger partial charge is 0.484 e. The van der Waals surface area contributed by atoms with Crippen LogP contribution in [0.25, 0.3) is 0 Å². The Kier molecular flexibility index (Phi) is 142. The fraction of sp³-hybridized carbons (Fsp3) is 0.391. The Morgan fingerprint density at radius 1 is 0.857 bits per heavy atom. The Morgan fingerprint density at radius 2 is 1.21 bits per heavy atom. The maximum atomic E-state index is 2.99. The van der Waals surface area contributed by atoms with Crippen LogP contribution in [0.5, 0.6) is 0 Å². The second-order valence-electron chi connectivity index (χ2n) is 5.39. The van der Waals surface area contributed by atoms with Gasteiger partial charge in [0.2, 0.25) is 0 Å². The van der Waals surface area contributed by atoms with Crippen molar-refractivity contribution in [3.05, 3.63) is 90.4 Å². The normalized spacial score (nSPS) is 7.79. The average molecular weight is 486 g/mol. The summed E-state index contributed by atoms with van der Waals surface area (Å²) in [5.74, 6) is 2.83. The molecule has 0 saturated carbocycles. The first-order valence-corrected chi connectivity index (χ1v) is 9.68. The van der Waals surface area contributed by atoms with Crippen molar-refractivity contribution in [2.45, 2.75) is 61.1 Å². The van der Waals surface area contributed by atoms with Crippen molar-refractivity contribution in [3.63, 3.8) is 0 Å². The van der Waals surface area contributed by atoms with Gasteiger partial charge in [-0.15, -0.1) is 37.4 Å². The predicted octanol–water partition coefficient (Wildman–Crippen LogP) is 8.52. The summed E-state index contributed by atoms with van der Waals surface area (Å²) in [6.07, 6.45) is 14.6. The number of nitrogens with one attached hydrogen (secondary N) is 1. The summed E-state index contributed by atoms with van der Waals surface area (Å²) in [6, 6.07) is 3.71. The molecule has 1 aliphatic rings. The minimum atomic E-state index is 0. The molecule has 0 aliphatic heterocycles. The second kappa shape index (κ2) is 63.1. The molecule has 2 rings (SSSR count). The summed E-state index contributed by atoms with van der Waals surface area (Å²) < 4.78 is 0. The minimum absolute atomic E-state index is 0. The van der Waals surface area contributed by atoms with Crippen molar-refractivity contribution < 1.29 is 21.7 Å². The number of hydrogen-bond donors (Lipinski definition) is 1. The summed E-state index contributed by atoms with van der Waals surface area (Å²) in [6.45, 7) is 16.9. The molecule has 28 heavy (non-hydrogen) atoms. The van der Waals surface area contributed by atoms with E-state index in [1.165, 1.54) is 11.8 Å². The second-order valence-corrected chi connectivity index (χ2v) is 6.55. The van der Waals surface area contributed by atoms with Gasteiger partial charge in [0, 0.05) is 31.2 Å². The van der Waals surface area contributed by atoms with E-state index in [9.17, 15) is 0 Å². The molecule has 0 unspecified atom stereocenters. The van der Waals surface area contributed by atoms with Crippen molar-refractivity contribution in [3.8, 4) is 0 Å². The monoisotopic (exact) mass is 484 g/mol. The van der Waals surface area contributed by atoms with Crippen LogP contribution in [0, 0.1) is 53.8 Å². The van der Waals surface area contributed by atoms with Gasteiger partial charge in [-0.05, 0) is 0 Å². The van der Waals surface area contributed by atoms with Gasteiger partial charge in [-0.1, -0.05) is 13.1 Å². The van der Waals surface area contributed by atoms with Gasteiger partial charge in [-0.3, -0.25) is 6.08 Å². The van der Waals surface area contributed by atoms with Crippen LogP contribution in [0.3, 0.4) is 0 Å². The number of halogens is 2. The Balaban J connectivity index is -0.0000000172. The van der Waals surface area contributed by atoms with Crippen molar-refractivity contribution in [2.75, 3.05) is 0 Å². The molecule has 175 valence electrons. The van der Waals surface area contributed by atoms with Crippen LogP contribution in [-0.2, 0) is 21.7 Å². The Labute approximate surface area is 211 Å². The van der Waals surface area contributed by atoms with Crippen LogP contribution >= 0.6 is 24.8 Å². The summed E-state index contributed by atoms with van der Waals surface area (Å²) in [4.78, 5) is 2.74. The summed E-state index contributed by atoms with van der Waals surface area (Å²) in [5.41, 5.74) is 0. The van der Waals surface area contributed by atoms with Gasteiger partial charge in [-0.25, -0.2) is 12.2 Å². The Hall–Kier alpha value is 0.271. The zero-order valence-electron chi connectivity index (χ0n) is 20.6. The molecule has 0 aromatic carbocycles. The van der Waals surface area contributed by atoms with E-state index in [0.717, 1.165) is 15.9 Å². The molecule has 0 saturated heterocycles.